The van der Waals surface area contributed by atoms with Crippen LogP contribution in [-0.2, 0) is 16.1 Å². The Bertz CT molecular complexity index is 709. The average molecular weight is 338 g/mol. The van der Waals surface area contributed by atoms with Gasteiger partial charge in [0.05, 0.1) is 24.2 Å². The number of furan rings is 1. The number of ether oxygens (including phenoxy) is 1. The predicted molar refractivity (Wildman–Crippen MR) is 84.0 cm³/mol. The maximum absolute atomic E-state index is 11.9. The first-order chi connectivity index (χ1) is 11.0. The van der Waals surface area contributed by atoms with Crippen molar-refractivity contribution in [1.82, 2.24) is 20.1 Å². The van der Waals surface area contributed by atoms with Crippen LogP contribution in [0, 0.1) is 6.92 Å². The summed E-state index contributed by atoms with van der Waals surface area (Å²) >= 11 is 1.22. The van der Waals surface area contributed by atoms with Crippen LogP contribution in [-0.4, -0.2) is 39.1 Å². The summed E-state index contributed by atoms with van der Waals surface area (Å²) in [6.45, 7) is 6.13. The molecule has 23 heavy (non-hydrogen) atoms. The van der Waals surface area contributed by atoms with E-state index in [1.165, 1.54) is 18.9 Å². The number of nitrogens with one attached hydrogen (secondary N) is 1. The lowest BCUT2D eigenvalue weighted by Gasteiger charge is -2.11. The topological polar surface area (TPSA) is 99.2 Å². The number of aryl methyl sites for hydroxylation is 1. The summed E-state index contributed by atoms with van der Waals surface area (Å²) in [6, 6.07) is 1.83. The van der Waals surface area contributed by atoms with Crippen LogP contribution in [0.15, 0.2) is 21.9 Å². The van der Waals surface area contributed by atoms with Crippen molar-refractivity contribution in [2.75, 3.05) is 7.11 Å². The highest BCUT2D eigenvalue weighted by Gasteiger charge is 2.22. The minimum Gasteiger partial charge on any atom is -0.469 e. The van der Waals surface area contributed by atoms with Crippen molar-refractivity contribution in [3.05, 3.63) is 18.1 Å². The quantitative estimate of drug-likeness (QED) is 0.834. The normalized spacial score (nSPS) is 12.0. The fraction of sp³-hybridized carbons (Fsp3) is 0.429. The van der Waals surface area contributed by atoms with Gasteiger partial charge >= 0.3 is 6.09 Å². The highest BCUT2D eigenvalue weighted by molar-refractivity contribution is 8.00. The second kappa shape index (κ2) is 7.32. The molecule has 2 aromatic heterocycles. The summed E-state index contributed by atoms with van der Waals surface area (Å²) in [4.78, 5) is 23.0. The Morgan fingerprint density at radius 3 is 2.78 bits per heavy atom. The minimum atomic E-state index is -0.783. The third kappa shape index (κ3) is 3.73. The number of thioether (sulfide) groups is 1. The molecule has 8 nitrogen and oxygen atoms in total. The molecule has 0 fully saturated rings. The van der Waals surface area contributed by atoms with Crippen LogP contribution in [0.25, 0.3) is 11.4 Å². The van der Waals surface area contributed by atoms with Gasteiger partial charge in [-0.1, -0.05) is 11.8 Å². The van der Waals surface area contributed by atoms with Gasteiger partial charge in [0.15, 0.2) is 11.0 Å². The van der Waals surface area contributed by atoms with Crippen LogP contribution in [0.2, 0.25) is 0 Å². The number of methoxy groups -OCH3 is 1. The Kier molecular flexibility index (Phi) is 5.43. The molecule has 124 valence electrons. The van der Waals surface area contributed by atoms with E-state index in [-0.39, 0.29) is 0 Å². The van der Waals surface area contributed by atoms with Gasteiger partial charge in [0.1, 0.15) is 5.76 Å². The molecule has 0 aliphatic rings. The Balaban J connectivity index is 2.18. The first-order valence-corrected chi connectivity index (χ1v) is 7.89. The molecule has 2 aromatic rings. The summed E-state index contributed by atoms with van der Waals surface area (Å²) in [7, 11) is 1.20. The molecular weight excluding hydrogens is 320 g/mol. The van der Waals surface area contributed by atoms with Gasteiger partial charge in [-0.05, 0) is 26.8 Å². The SMILES string of the molecule is CCn1c(S[C@H](C)C(=O)NC(=O)OC)nnc1-c1ccoc1C. The lowest BCUT2D eigenvalue weighted by Crippen LogP contribution is -2.36. The van der Waals surface area contributed by atoms with Crippen LogP contribution in [0.1, 0.15) is 19.6 Å². The third-order valence-corrected chi connectivity index (χ3v) is 4.28. The second-order valence-corrected chi connectivity index (χ2v) is 5.99. The van der Waals surface area contributed by atoms with Gasteiger partial charge in [-0.25, -0.2) is 4.79 Å². The van der Waals surface area contributed by atoms with Gasteiger partial charge in [0, 0.05) is 6.54 Å². The highest BCUT2D eigenvalue weighted by Crippen LogP contribution is 2.28. The van der Waals surface area contributed by atoms with Crippen LogP contribution < -0.4 is 5.32 Å². The van der Waals surface area contributed by atoms with Crippen LogP contribution in [0.3, 0.4) is 0 Å². The Labute approximate surface area is 137 Å². The molecule has 0 bridgehead atoms. The summed E-state index contributed by atoms with van der Waals surface area (Å²) in [6.07, 6.45) is 0.813. The molecule has 0 unspecified atom stereocenters. The number of aromatic nitrogens is 3. The molecule has 0 aliphatic carbocycles. The van der Waals surface area contributed by atoms with Gasteiger partial charge < -0.3 is 13.7 Å². The smallest absolute Gasteiger partial charge is 0.413 e. The minimum absolute atomic E-state index is 0.450. The molecule has 2 amide bonds. The zero-order valence-corrected chi connectivity index (χ0v) is 14.1. The monoisotopic (exact) mass is 338 g/mol. The molecule has 0 saturated heterocycles. The molecule has 2 rings (SSSR count). The molecule has 0 aliphatic heterocycles. The molecule has 0 radical (unpaired) electrons. The van der Waals surface area contributed by atoms with E-state index in [2.05, 4.69) is 20.3 Å². The summed E-state index contributed by atoms with van der Waals surface area (Å²) in [5.41, 5.74) is 0.859. The molecule has 2 heterocycles. The van der Waals surface area contributed by atoms with Gasteiger partial charge in [0.2, 0.25) is 5.91 Å². The van der Waals surface area contributed by atoms with Crippen LogP contribution in [0.4, 0.5) is 4.79 Å². The summed E-state index contributed by atoms with van der Waals surface area (Å²) in [5, 5.41) is 10.5. The molecular formula is C14H18N4O4S. The summed E-state index contributed by atoms with van der Waals surface area (Å²) in [5.74, 6) is 0.982. The van der Waals surface area contributed by atoms with E-state index in [1.807, 2.05) is 24.5 Å². The van der Waals surface area contributed by atoms with E-state index in [9.17, 15) is 9.59 Å². The van der Waals surface area contributed by atoms with Gasteiger partial charge in [0.25, 0.3) is 0 Å². The number of hydrogen-bond acceptors (Lipinski definition) is 7. The van der Waals surface area contributed by atoms with E-state index < -0.39 is 17.3 Å². The standard InChI is InChI=1S/C14H18N4O4S/c1-5-18-11(10-6-7-22-8(10)2)16-17-13(18)23-9(3)12(19)15-14(20)21-4/h6-7,9H,5H2,1-4H3,(H,15,19,20)/t9-/m1/s1. The Hall–Kier alpha value is -2.29. The largest absolute Gasteiger partial charge is 0.469 e. The molecule has 0 spiro atoms. The number of imide groups is 1. The fourth-order valence-electron chi connectivity index (χ4n) is 1.94. The van der Waals surface area contributed by atoms with Crippen molar-refractivity contribution in [3.63, 3.8) is 0 Å². The number of amides is 2. The maximum Gasteiger partial charge on any atom is 0.413 e. The first-order valence-electron chi connectivity index (χ1n) is 7.01. The fourth-order valence-corrected chi connectivity index (χ4v) is 2.85. The number of nitrogens with zero attached hydrogens (tertiary/aromatic N) is 3. The number of rotatable bonds is 5. The molecule has 9 heteroatoms. The number of carbonyl (C=O) groups is 2. The predicted octanol–water partition coefficient (Wildman–Crippen LogP) is 2.23. The zero-order chi connectivity index (χ0) is 17.0. The zero-order valence-electron chi connectivity index (χ0n) is 13.3. The molecule has 0 saturated carbocycles. The van der Waals surface area contributed by atoms with E-state index in [1.54, 1.807) is 13.2 Å². The number of carbonyl (C=O) groups excluding carboxylic acids is 2. The van der Waals surface area contributed by atoms with Crippen LogP contribution in [0.5, 0.6) is 0 Å². The molecule has 1 N–H and O–H groups in total. The lowest BCUT2D eigenvalue weighted by atomic mass is 10.2. The van der Waals surface area contributed by atoms with Gasteiger partial charge in [-0.3, -0.25) is 10.1 Å². The van der Waals surface area contributed by atoms with Crippen molar-refractivity contribution in [3.8, 4) is 11.4 Å². The second-order valence-electron chi connectivity index (χ2n) is 4.68. The highest BCUT2D eigenvalue weighted by atomic mass is 32.2. The number of hydrogen-bond donors (Lipinski definition) is 1. The maximum atomic E-state index is 11.9. The van der Waals surface area contributed by atoms with Crippen LogP contribution >= 0.6 is 11.8 Å². The van der Waals surface area contributed by atoms with Crippen molar-refractivity contribution < 1.29 is 18.7 Å². The van der Waals surface area contributed by atoms with Gasteiger partial charge in [-0.15, -0.1) is 10.2 Å². The van der Waals surface area contributed by atoms with E-state index >= 15 is 0 Å². The van der Waals surface area contributed by atoms with E-state index in [0.29, 0.717) is 17.5 Å². The molecule has 1 atom stereocenters. The molecule has 0 aromatic carbocycles. The summed E-state index contributed by atoms with van der Waals surface area (Å²) < 4.78 is 11.6. The lowest BCUT2D eigenvalue weighted by molar-refractivity contribution is -0.119. The van der Waals surface area contributed by atoms with Crippen molar-refractivity contribution >= 4 is 23.8 Å². The van der Waals surface area contributed by atoms with E-state index in [4.69, 9.17) is 4.42 Å². The van der Waals surface area contributed by atoms with Crippen molar-refractivity contribution in [2.45, 2.75) is 37.7 Å². The van der Waals surface area contributed by atoms with E-state index in [0.717, 1.165) is 11.3 Å². The number of alkyl carbamates (subject to hydrolysis) is 1. The Morgan fingerprint density at radius 2 is 2.22 bits per heavy atom. The Morgan fingerprint density at radius 1 is 1.48 bits per heavy atom. The third-order valence-electron chi connectivity index (χ3n) is 3.19. The van der Waals surface area contributed by atoms with Crippen molar-refractivity contribution in [1.29, 1.82) is 0 Å². The average Bonchev–Trinajstić information content (AvgIpc) is 3.12. The first kappa shape index (κ1) is 17.1. The van der Waals surface area contributed by atoms with Crippen molar-refractivity contribution in [2.24, 2.45) is 0 Å². The van der Waals surface area contributed by atoms with Gasteiger partial charge in [-0.2, -0.15) is 0 Å².